The molecular weight excluding hydrogens is 151 g/mol. The molecule has 0 aliphatic heterocycles. The summed E-state index contributed by atoms with van der Waals surface area (Å²) in [5, 5.41) is 0. The fourth-order valence-electron chi connectivity index (χ4n) is 1.59. The van der Waals surface area contributed by atoms with Gasteiger partial charge < -0.3 is 0 Å². The first-order chi connectivity index (χ1) is 5.54. The molecule has 0 aromatic rings. The Morgan fingerprint density at radius 1 is 1.42 bits per heavy atom. The van der Waals surface area contributed by atoms with Crippen molar-refractivity contribution < 1.29 is 4.39 Å². The summed E-state index contributed by atoms with van der Waals surface area (Å²) >= 11 is 0. The molecule has 12 heavy (non-hydrogen) atoms. The maximum atomic E-state index is 13.6. The number of rotatable bonds is 1. The molecule has 1 aliphatic rings. The van der Waals surface area contributed by atoms with Crippen LogP contribution < -0.4 is 0 Å². The third-order valence-corrected chi connectivity index (χ3v) is 2.76. The Morgan fingerprint density at radius 2 is 2.00 bits per heavy atom. The summed E-state index contributed by atoms with van der Waals surface area (Å²) in [6, 6.07) is 0. The Hall–Kier alpha value is -0.590. The average molecular weight is 168 g/mol. The highest BCUT2D eigenvalue weighted by Crippen LogP contribution is 2.34. The highest BCUT2D eigenvalue weighted by molar-refractivity contribution is 5.34. The first kappa shape index (κ1) is 9.50. The zero-order chi connectivity index (χ0) is 9.30. The van der Waals surface area contributed by atoms with Gasteiger partial charge in [-0.3, -0.25) is 0 Å². The minimum atomic E-state index is 0.102. The molecule has 68 valence electrons. The van der Waals surface area contributed by atoms with E-state index in [1.807, 2.05) is 13.8 Å². The molecule has 0 saturated carbocycles. The van der Waals surface area contributed by atoms with Gasteiger partial charge in [0.1, 0.15) is 5.83 Å². The monoisotopic (exact) mass is 168 g/mol. The molecule has 0 bridgehead atoms. The van der Waals surface area contributed by atoms with Crippen LogP contribution in [0.4, 0.5) is 4.39 Å². The molecule has 0 saturated heterocycles. The van der Waals surface area contributed by atoms with Crippen LogP contribution in [0.25, 0.3) is 0 Å². The van der Waals surface area contributed by atoms with Gasteiger partial charge in [-0.1, -0.05) is 19.9 Å². The van der Waals surface area contributed by atoms with Crippen LogP contribution >= 0.6 is 0 Å². The zero-order valence-corrected chi connectivity index (χ0v) is 8.32. The molecule has 0 spiro atoms. The summed E-state index contributed by atoms with van der Waals surface area (Å²) in [4.78, 5) is 0. The maximum absolute atomic E-state index is 13.6. The highest BCUT2D eigenvalue weighted by atomic mass is 19.1. The van der Waals surface area contributed by atoms with Crippen molar-refractivity contribution in [3.05, 3.63) is 23.0 Å². The lowest BCUT2D eigenvalue weighted by Crippen LogP contribution is -2.13. The predicted octanol–water partition coefficient (Wildman–Crippen LogP) is 3.85. The third kappa shape index (κ3) is 1.60. The van der Waals surface area contributed by atoms with E-state index in [4.69, 9.17) is 0 Å². The summed E-state index contributed by atoms with van der Waals surface area (Å²) in [7, 11) is 0. The molecule has 0 N–H and O–H groups in total. The van der Waals surface area contributed by atoms with Crippen molar-refractivity contribution in [2.24, 2.45) is 11.8 Å². The smallest absolute Gasteiger partial charge is 0.107 e. The molecule has 1 atom stereocenters. The summed E-state index contributed by atoms with van der Waals surface area (Å²) < 4.78 is 13.6. The van der Waals surface area contributed by atoms with Crippen molar-refractivity contribution in [1.82, 2.24) is 0 Å². The molecule has 0 fully saturated rings. The van der Waals surface area contributed by atoms with Crippen molar-refractivity contribution in [2.75, 3.05) is 0 Å². The van der Waals surface area contributed by atoms with Crippen molar-refractivity contribution in [1.29, 1.82) is 0 Å². The normalized spacial score (nSPS) is 24.8. The molecule has 1 rings (SSSR count). The Kier molecular flexibility index (Phi) is 2.71. The SMILES string of the molecule is CC1=CCC(C(C)C)C(F)=C1C. The molecule has 0 aromatic heterocycles. The lowest BCUT2D eigenvalue weighted by Gasteiger charge is -2.23. The second kappa shape index (κ2) is 3.42. The van der Waals surface area contributed by atoms with Gasteiger partial charge in [0.25, 0.3) is 0 Å². The first-order valence-electron chi connectivity index (χ1n) is 4.57. The van der Waals surface area contributed by atoms with Crippen LogP contribution in [0.5, 0.6) is 0 Å². The van der Waals surface area contributed by atoms with Crippen molar-refractivity contribution >= 4 is 0 Å². The van der Waals surface area contributed by atoms with Crippen molar-refractivity contribution in [3.63, 3.8) is 0 Å². The summed E-state index contributed by atoms with van der Waals surface area (Å²) in [6.45, 7) is 8.00. The molecule has 1 unspecified atom stereocenters. The fourth-order valence-corrected chi connectivity index (χ4v) is 1.59. The molecule has 0 nitrogen and oxygen atoms in total. The third-order valence-electron chi connectivity index (χ3n) is 2.76. The summed E-state index contributed by atoms with van der Waals surface area (Å²) in [5.74, 6) is 0.628. The highest BCUT2D eigenvalue weighted by Gasteiger charge is 2.23. The molecule has 0 amide bonds. The average Bonchev–Trinajstić information content (AvgIpc) is 2.00. The second-order valence-corrected chi connectivity index (χ2v) is 3.95. The zero-order valence-electron chi connectivity index (χ0n) is 8.32. The molecule has 0 aromatic carbocycles. The van der Waals surface area contributed by atoms with Crippen LogP contribution in [0.15, 0.2) is 23.0 Å². The van der Waals surface area contributed by atoms with Crippen LogP contribution in [-0.4, -0.2) is 0 Å². The summed E-state index contributed by atoms with van der Waals surface area (Å²) in [5.41, 5.74) is 1.95. The van der Waals surface area contributed by atoms with Gasteiger partial charge in [0.05, 0.1) is 0 Å². The largest absolute Gasteiger partial charge is 0.211 e. The van der Waals surface area contributed by atoms with E-state index in [1.54, 1.807) is 0 Å². The van der Waals surface area contributed by atoms with E-state index >= 15 is 0 Å². The van der Waals surface area contributed by atoms with Gasteiger partial charge in [-0.15, -0.1) is 0 Å². The van der Waals surface area contributed by atoms with Crippen LogP contribution in [0.2, 0.25) is 0 Å². The van der Waals surface area contributed by atoms with E-state index in [-0.39, 0.29) is 11.7 Å². The minimum absolute atomic E-state index is 0.102. The Balaban J connectivity index is 2.90. The van der Waals surface area contributed by atoms with Crippen molar-refractivity contribution in [3.8, 4) is 0 Å². The number of hydrogen-bond donors (Lipinski definition) is 0. The number of hydrogen-bond acceptors (Lipinski definition) is 0. The molecule has 0 radical (unpaired) electrons. The van der Waals surface area contributed by atoms with E-state index < -0.39 is 0 Å². The van der Waals surface area contributed by atoms with E-state index in [1.165, 1.54) is 0 Å². The van der Waals surface area contributed by atoms with Crippen LogP contribution in [0.3, 0.4) is 0 Å². The second-order valence-electron chi connectivity index (χ2n) is 3.95. The quantitative estimate of drug-likeness (QED) is 0.558. The standard InChI is InChI=1S/C11H17F/c1-7(2)10-6-5-8(3)9(4)11(10)12/h5,7,10H,6H2,1-4H3. The van der Waals surface area contributed by atoms with Crippen LogP contribution in [0, 0.1) is 11.8 Å². The number of halogens is 1. The molecule has 1 aliphatic carbocycles. The van der Waals surface area contributed by atoms with Gasteiger partial charge in [-0.25, -0.2) is 4.39 Å². The van der Waals surface area contributed by atoms with Gasteiger partial charge >= 0.3 is 0 Å². The first-order valence-corrected chi connectivity index (χ1v) is 4.57. The minimum Gasteiger partial charge on any atom is -0.211 e. The van der Waals surface area contributed by atoms with Gasteiger partial charge in [-0.05, 0) is 37.3 Å². The van der Waals surface area contributed by atoms with E-state index in [0.29, 0.717) is 5.92 Å². The summed E-state index contributed by atoms with van der Waals surface area (Å²) in [6.07, 6.45) is 3.01. The van der Waals surface area contributed by atoms with Gasteiger partial charge in [-0.2, -0.15) is 0 Å². The van der Waals surface area contributed by atoms with Crippen molar-refractivity contribution in [2.45, 2.75) is 34.1 Å². The van der Waals surface area contributed by atoms with Crippen LogP contribution in [0.1, 0.15) is 34.1 Å². The Bertz CT molecular complexity index is 233. The van der Waals surface area contributed by atoms with E-state index in [2.05, 4.69) is 19.9 Å². The lowest BCUT2D eigenvalue weighted by atomic mass is 9.84. The van der Waals surface area contributed by atoms with Gasteiger partial charge in [0, 0.05) is 5.92 Å². The van der Waals surface area contributed by atoms with E-state index in [0.717, 1.165) is 17.6 Å². The molecular formula is C11H17F. The predicted molar refractivity (Wildman–Crippen MR) is 50.5 cm³/mol. The fraction of sp³-hybridized carbons (Fsp3) is 0.636. The van der Waals surface area contributed by atoms with Crippen LogP contribution in [-0.2, 0) is 0 Å². The number of allylic oxidation sites excluding steroid dienone is 4. The Morgan fingerprint density at radius 3 is 2.50 bits per heavy atom. The molecule has 0 heterocycles. The van der Waals surface area contributed by atoms with Gasteiger partial charge in [0.15, 0.2) is 0 Å². The van der Waals surface area contributed by atoms with Gasteiger partial charge in [0.2, 0.25) is 0 Å². The molecule has 1 heteroatoms. The lowest BCUT2D eigenvalue weighted by molar-refractivity contribution is 0.360. The Labute approximate surface area is 74.2 Å². The maximum Gasteiger partial charge on any atom is 0.107 e. The topological polar surface area (TPSA) is 0 Å². The van der Waals surface area contributed by atoms with E-state index in [9.17, 15) is 4.39 Å².